The first-order chi connectivity index (χ1) is 14.9. The van der Waals surface area contributed by atoms with E-state index in [0.717, 1.165) is 0 Å². The summed E-state index contributed by atoms with van der Waals surface area (Å²) >= 11 is 0.375. The molecule has 0 atom stereocenters. The minimum Gasteiger partial charge on any atom is -0.457 e. The van der Waals surface area contributed by atoms with E-state index in [-0.39, 0.29) is 24.4 Å². The van der Waals surface area contributed by atoms with Gasteiger partial charge in [-0.05, 0) is 43.3 Å². The van der Waals surface area contributed by atoms with Crippen molar-refractivity contribution in [3.63, 3.8) is 0 Å². The second-order valence-corrected chi connectivity index (χ2v) is 7.19. The van der Waals surface area contributed by atoms with Crippen LogP contribution >= 0.6 is 11.8 Å². The Hall–Kier alpha value is -3.40. The molecule has 162 valence electrons. The Balaban J connectivity index is 1.74. The number of alkyl halides is 2. The van der Waals surface area contributed by atoms with Crippen LogP contribution in [0.1, 0.15) is 22.8 Å². The predicted molar refractivity (Wildman–Crippen MR) is 111 cm³/mol. The maximum atomic E-state index is 12.4. The quantitative estimate of drug-likeness (QED) is 0.307. The Morgan fingerprint density at radius 1 is 1.10 bits per heavy atom. The lowest BCUT2D eigenvalue weighted by Crippen LogP contribution is -2.13. The van der Waals surface area contributed by atoms with Gasteiger partial charge in [-0.1, -0.05) is 11.8 Å². The second-order valence-electron chi connectivity index (χ2n) is 6.13. The molecule has 1 N–H and O–H groups in total. The van der Waals surface area contributed by atoms with Crippen molar-refractivity contribution in [1.82, 2.24) is 0 Å². The number of thioether (sulfide) groups is 1. The number of ether oxygens (including phenoxy) is 2. The van der Waals surface area contributed by atoms with Crippen LogP contribution in [0.25, 0.3) is 11.0 Å². The lowest BCUT2D eigenvalue weighted by Gasteiger charge is -2.09. The lowest BCUT2D eigenvalue weighted by molar-refractivity contribution is 0.0473. The molecule has 1 amide bonds. The number of fused-ring (bicyclic) bond motifs is 1. The zero-order valence-corrected chi connectivity index (χ0v) is 17.0. The Morgan fingerprint density at radius 2 is 1.84 bits per heavy atom. The van der Waals surface area contributed by atoms with Gasteiger partial charge in [0.2, 0.25) is 0 Å². The number of carbonyl (C=O) groups excluding carboxylic acids is 2. The van der Waals surface area contributed by atoms with Crippen LogP contribution < -0.4 is 10.9 Å². The average molecular weight is 449 g/mol. The summed E-state index contributed by atoms with van der Waals surface area (Å²) in [7, 11) is 0. The summed E-state index contributed by atoms with van der Waals surface area (Å²) in [4.78, 5) is 36.0. The summed E-state index contributed by atoms with van der Waals surface area (Å²) in [5.74, 6) is -3.22. The van der Waals surface area contributed by atoms with E-state index in [1.807, 2.05) is 0 Å². The highest BCUT2D eigenvalue weighted by Gasteiger charge is 2.13. The molecule has 1 aromatic heterocycles. The smallest absolute Gasteiger partial charge is 0.411 e. The predicted octanol–water partition coefficient (Wildman–Crippen LogP) is 5.03. The van der Waals surface area contributed by atoms with Crippen molar-refractivity contribution in [2.45, 2.75) is 24.2 Å². The molecule has 0 saturated carbocycles. The van der Waals surface area contributed by atoms with Crippen molar-refractivity contribution in [2.24, 2.45) is 0 Å². The first-order valence-corrected chi connectivity index (χ1v) is 9.96. The van der Waals surface area contributed by atoms with Crippen LogP contribution in [0.2, 0.25) is 0 Å². The van der Waals surface area contributed by atoms with Crippen LogP contribution in [0.4, 0.5) is 19.3 Å². The zero-order chi connectivity index (χ0) is 22.4. The number of carbonyl (C=O) groups is 2. The lowest BCUT2D eigenvalue weighted by atomic mass is 10.1. The summed E-state index contributed by atoms with van der Waals surface area (Å²) in [6.45, 7) is 1.67. The number of hydrogen-bond acceptors (Lipinski definition) is 7. The number of amides is 1. The second kappa shape index (κ2) is 10.1. The first kappa shape index (κ1) is 22.3. The molecule has 1 heterocycles. The normalized spacial score (nSPS) is 10.8. The third-order valence-electron chi connectivity index (χ3n) is 4.03. The third kappa shape index (κ3) is 6.05. The SMILES string of the molecule is CCOC(=O)Nc1ccc2c(COC(=O)c3ccc(SC(F)F)cc3)cc(=O)oc2c1. The largest absolute Gasteiger partial charge is 0.457 e. The van der Waals surface area contributed by atoms with Gasteiger partial charge in [-0.25, -0.2) is 14.4 Å². The fourth-order valence-corrected chi connectivity index (χ4v) is 3.21. The van der Waals surface area contributed by atoms with Crippen LogP contribution in [0, 0.1) is 0 Å². The van der Waals surface area contributed by atoms with Gasteiger partial charge >= 0.3 is 17.7 Å². The third-order valence-corrected chi connectivity index (χ3v) is 4.75. The highest BCUT2D eigenvalue weighted by molar-refractivity contribution is 7.99. The summed E-state index contributed by atoms with van der Waals surface area (Å²) in [5, 5.41) is 3.02. The van der Waals surface area contributed by atoms with Crippen LogP contribution in [0.3, 0.4) is 0 Å². The molecule has 0 bridgehead atoms. The Morgan fingerprint density at radius 3 is 2.52 bits per heavy atom. The standard InChI is InChI=1S/C21H17F2NO6S/c1-2-28-21(27)24-14-5-8-16-13(9-18(25)30-17(16)10-14)11-29-19(26)12-3-6-15(7-4-12)31-20(22)23/h3-10,20H,2,11H2,1H3,(H,24,27). The van der Waals surface area contributed by atoms with Crippen molar-refractivity contribution < 1.29 is 32.3 Å². The molecule has 0 spiro atoms. The summed E-state index contributed by atoms with van der Waals surface area (Å²) < 4.78 is 40.0. The Kier molecular flexibility index (Phi) is 7.24. The van der Waals surface area contributed by atoms with Crippen LogP contribution in [-0.4, -0.2) is 24.4 Å². The molecule has 3 aromatic rings. The molecule has 10 heteroatoms. The highest BCUT2D eigenvalue weighted by atomic mass is 32.2. The molecule has 0 radical (unpaired) electrons. The molecule has 3 rings (SSSR count). The molecule has 0 aliphatic heterocycles. The van der Waals surface area contributed by atoms with Gasteiger partial charge in [-0.3, -0.25) is 5.32 Å². The van der Waals surface area contributed by atoms with Crippen LogP contribution in [0.15, 0.2) is 62.6 Å². The molecule has 0 unspecified atom stereocenters. The number of halogens is 2. The van der Waals surface area contributed by atoms with Crippen molar-refractivity contribution in [1.29, 1.82) is 0 Å². The van der Waals surface area contributed by atoms with Gasteiger partial charge in [-0.2, -0.15) is 8.78 Å². The Labute approximate surface area is 179 Å². The van der Waals surface area contributed by atoms with Gasteiger partial charge in [-0.15, -0.1) is 0 Å². The maximum absolute atomic E-state index is 12.4. The van der Waals surface area contributed by atoms with E-state index in [1.165, 1.54) is 36.4 Å². The number of rotatable bonds is 7. The van der Waals surface area contributed by atoms with Crippen molar-refractivity contribution in [3.8, 4) is 0 Å². The number of benzene rings is 2. The minimum atomic E-state index is -2.55. The van der Waals surface area contributed by atoms with Gasteiger partial charge in [0, 0.05) is 33.7 Å². The van der Waals surface area contributed by atoms with Gasteiger partial charge in [0.05, 0.1) is 12.2 Å². The maximum Gasteiger partial charge on any atom is 0.411 e. The van der Waals surface area contributed by atoms with Gasteiger partial charge in [0.1, 0.15) is 12.2 Å². The van der Waals surface area contributed by atoms with E-state index in [0.29, 0.717) is 33.3 Å². The van der Waals surface area contributed by atoms with E-state index in [2.05, 4.69) is 5.32 Å². The average Bonchev–Trinajstić information content (AvgIpc) is 2.71. The highest BCUT2D eigenvalue weighted by Crippen LogP contribution is 2.26. The molecule has 31 heavy (non-hydrogen) atoms. The van der Waals surface area contributed by atoms with Gasteiger partial charge < -0.3 is 13.9 Å². The van der Waals surface area contributed by atoms with Gasteiger partial charge in [0.25, 0.3) is 5.76 Å². The molecule has 0 saturated heterocycles. The number of nitrogens with one attached hydrogen (secondary N) is 1. The molecular formula is C21H17F2NO6S. The molecule has 0 aliphatic rings. The van der Waals surface area contributed by atoms with E-state index < -0.39 is 23.4 Å². The van der Waals surface area contributed by atoms with E-state index >= 15 is 0 Å². The summed E-state index contributed by atoms with van der Waals surface area (Å²) in [5.41, 5.74) is 0.505. The fourth-order valence-electron chi connectivity index (χ4n) is 2.71. The number of anilines is 1. The molecular weight excluding hydrogens is 432 g/mol. The Bertz CT molecular complexity index is 1150. The summed E-state index contributed by atoms with van der Waals surface area (Å²) in [6.07, 6.45) is -0.646. The van der Waals surface area contributed by atoms with Crippen molar-refractivity contribution in [3.05, 3.63) is 70.1 Å². The fraction of sp³-hybridized carbons (Fsp3) is 0.190. The van der Waals surface area contributed by atoms with Crippen LogP contribution in [-0.2, 0) is 16.1 Å². The van der Waals surface area contributed by atoms with Gasteiger partial charge in [0.15, 0.2) is 0 Å². The van der Waals surface area contributed by atoms with E-state index in [1.54, 1.807) is 19.1 Å². The molecule has 7 nitrogen and oxygen atoms in total. The monoisotopic (exact) mass is 449 g/mol. The zero-order valence-electron chi connectivity index (χ0n) is 16.2. The number of hydrogen-bond donors (Lipinski definition) is 1. The van der Waals surface area contributed by atoms with Crippen molar-refractivity contribution >= 4 is 40.5 Å². The number of esters is 1. The summed E-state index contributed by atoms with van der Waals surface area (Å²) in [6, 6.07) is 11.4. The molecule has 0 aliphatic carbocycles. The molecule has 0 fully saturated rings. The van der Waals surface area contributed by atoms with Crippen molar-refractivity contribution in [2.75, 3.05) is 11.9 Å². The van der Waals surface area contributed by atoms with Crippen LogP contribution in [0.5, 0.6) is 0 Å². The topological polar surface area (TPSA) is 94.8 Å². The first-order valence-electron chi connectivity index (χ1n) is 9.08. The van der Waals surface area contributed by atoms with E-state index in [4.69, 9.17) is 13.9 Å². The van der Waals surface area contributed by atoms with E-state index in [9.17, 15) is 23.2 Å². The minimum absolute atomic E-state index is 0.187. The molecule has 2 aromatic carbocycles.